The van der Waals surface area contributed by atoms with E-state index < -0.39 is 0 Å². The van der Waals surface area contributed by atoms with Gasteiger partial charge in [-0.25, -0.2) is 4.68 Å². The van der Waals surface area contributed by atoms with Crippen LogP contribution in [-0.4, -0.2) is 36.2 Å². The number of anilines is 1. The summed E-state index contributed by atoms with van der Waals surface area (Å²) in [6.07, 6.45) is 0. The van der Waals surface area contributed by atoms with E-state index in [0.717, 1.165) is 28.3 Å². The Morgan fingerprint density at radius 2 is 1.77 bits per heavy atom. The molecule has 2 aromatic heterocycles. The van der Waals surface area contributed by atoms with Gasteiger partial charge in [-0.2, -0.15) is 5.10 Å². The number of carbonyl (C=O) groups is 1. The van der Waals surface area contributed by atoms with Gasteiger partial charge in [-0.1, -0.05) is 53.7 Å². The van der Waals surface area contributed by atoms with Gasteiger partial charge in [0, 0.05) is 12.6 Å². The van der Waals surface area contributed by atoms with Crippen LogP contribution in [0, 0.1) is 13.8 Å². The molecule has 2 aromatic carbocycles. The zero-order valence-corrected chi connectivity index (χ0v) is 18.9. The van der Waals surface area contributed by atoms with Crippen molar-refractivity contribution in [2.75, 3.05) is 11.1 Å². The maximum atomic E-state index is 12.6. The minimum atomic E-state index is -0.133. The van der Waals surface area contributed by atoms with Gasteiger partial charge in [-0.05, 0) is 38.1 Å². The molecule has 31 heavy (non-hydrogen) atoms. The maximum Gasteiger partial charge on any atom is 0.234 e. The number of para-hydroxylation sites is 1. The quantitative estimate of drug-likeness (QED) is 0.430. The van der Waals surface area contributed by atoms with Gasteiger partial charge >= 0.3 is 0 Å². The number of hydrogen-bond acceptors (Lipinski definition) is 5. The third-order valence-electron chi connectivity index (χ3n) is 4.84. The molecule has 0 fully saturated rings. The van der Waals surface area contributed by atoms with E-state index in [4.69, 9.17) is 11.6 Å². The fourth-order valence-electron chi connectivity index (χ4n) is 3.27. The molecular weight excluding hydrogens is 432 g/mol. The summed E-state index contributed by atoms with van der Waals surface area (Å²) in [7, 11) is 1.86. The summed E-state index contributed by atoms with van der Waals surface area (Å²) in [4.78, 5) is 12.6. The fourth-order valence-corrected chi connectivity index (χ4v) is 4.20. The van der Waals surface area contributed by atoms with Crippen molar-refractivity contribution >= 4 is 35.0 Å². The van der Waals surface area contributed by atoms with Crippen molar-refractivity contribution in [3.8, 4) is 17.1 Å². The number of carbonyl (C=O) groups excluding carboxylic acids is 1. The third-order valence-corrected chi connectivity index (χ3v) is 6.19. The molecule has 0 radical (unpaired) electrons. The second kappa shape index (κ2) is 8.95. The van der Waals surface area contributed by atoms with E-state index in [1.54, 1.807) is 0 Å². The SMILES string of the molecule is Cc1nn(-c2ccccc2)c(C)c1NC(=O)CSc1nnc(-c2ccccc2Cl)n1C. The van der Waals surface area contributed by atoms with Gasteiger partial charge in [-0.3, -0.25) is 4.79 Å². The summed E-state index contributed by atoms with van der Waals surface area (Å²) in [6.45, 7) is 3.82. The molecule has 0 aliphatic rings. The standard InChI is InChI=1S/C22H21ClN6OS/c1-14-20(15(2)29(27-14)16-9-5-4-6-10-16)24-19(30)13-31-22-26-25-21(28(22)3)17-11-7-8-12-18(17)23/h4-12H,13H2,1-3H3,(H,24,30). The Kier molecular flexibility index (Phi) is 6.11. The molecule has 7 nitrogen and oxygen atoms in total. The van der Waals surface area contributed by atoms with Crippen LogP contribution < -0.4 is 5.32 Å². The molecule has 0 spiro atoms. The molecule has 1 amide bonds. The predicted octanol–water partition coefficient (Wildman–Crippen LogP) is 4.67. The van der Waals surface area contributed by atoms with Crippen molar-refractivity contribution in [2.24, 2.45) is 7.05 Å². The maximum absolute atomic E-state index is 12.6. The highest BCUT2D eigenvalue weighted by atomic mass is 35.5. The van der Waals surface area contributed by atoms with E-state index in [-0.39, 0.29) is 11.7 Å². The Hall–Kier alpha value is -3.10. The van der Waals surface area contributed by atoms with Crippen molar-refractivity contribution in [2.45, 2.75) is 19.0 Å². The average Bonchev–Trinajstić information content (AvgIpc) is 3.27. The number of hydrogen-bond donors (Lipinski definition) is 1. The minimum absolute atomic E-state index is 0.133. The van der Waals surface area contributed by atoms with Gasteiger partial charge in [0.05, 0.1) is 33.5 Å². The van der Waals surface area contributed by atoms with Crippen LogP contribution in [0.15, 0.2) is 59.8 Å². The molecule has 9 heteroatoms. The molecule has 0 saturated carbocycles. The van der Waals surface area contributed by atoms with Gasteiger partial charge in [0.15, 0.2) is 11.0 Å². The monoisotopic (exact) mass is 452 g/mol. The van der Waals surface area contributed by atoms with Crippen LogP contribution in [0.4, 0.5) is 5.69 Å². The molecule has 1 N–H and O–H groups in total. The molecule has 2 heterocycles. The van der Waals surface area contributed by atoms with E-state index in [1.807, 2.05) is 84.7 Å². The van der Waals surface area contributed by atoms with Crippen LogP contribution in [-0.2, 0) is 11.8 Å². The van der Waals surface area contributed by atoms with Crippen LogP contribution >= 0.6 is 23.4 Å². The van der Waals surface area contributed by atoms with Gasteiger partial charge in [0.25, 0.3) is 0 Å². The van der Waals surface area contributed by atoms with Crippen molar-refractivity contribution in [3.05, 3.63) is 71.0 Å². The highest BCUT2D eigenvalue weighted by Gasteiger charge is 2.18. The molecule has 0 bridgehead atoms. The predicted molar refractivity (Wildman–Crippen MR) is 124 cm³/mol. The Morgan fingerprint density at radius 3 is 2.52 bits per heavy atom. The number of aryl methyl sites for hydroxylation is 1. The average molecular weight is 453 g/mol. The first-order valence-corrected chi connectivity index (χ1v) is 11.0. The second-order valence-corrected chi connectivity index (χ2v) is 8.32. The molecule has 0 aliphatic carbocycles. The zero-order chi connectivity index (χ0) is 22.0. The highest BCUT2D eigenvalue weighted by molar-refractivity contribution is 7.99. The number of amides is 1. The molecule has 0 saturated heterocycles. The summed E-state index contributed by atoms with van der Waals surface area (Å²) >= 11 is 7.59. The number of nitrogens with one attached hydrogen (secondary N) is 1. The van der Waals surface area contributed by atoms with E-state index in [1.165, 1.54) is 11.8 Å². The summed E-state index contributed by atoms with van der Waals surface area (Å²) in [5.41, 5.74) is 4.12. The molecule has 4 aromatic rings. The van der Waals surface area contributed by atoms with Gasteiger partial charge in [0.1, 0.15) is 0 Å². The van der Waals surface area contributed by atoms with Crippen LogP contribution in [0.5, 0.6) is 0 Å². The lowest BCUT2D eigenvalue weighted by Gasteiger charge is -2.07. The van der Waals surface area contributed by atoms with Crippen molar-refractivity contribution in [3.63, 3.8) is 0 Å². The Balaban J connectivity index is 1.45. The lowest BCUT2D eigenvalue weighted by Crippen LogP contribution is -2.15. The Bertz CT molecular complexity index is 1230. The summed E-state index contributed by atoms with van der Waals surface area (Å²) in [5, 5.41) is 17.2. The topological polar surface area (TPSA) is 77.6 Å². The number of benzene rings is 2. The van der Waals surface area contributed by atoms with Crippen molar-refractivity contribution < 1.29 is 4.79 Å². The smallest absolute Gasteiger partial charge is 0.234 e. The highest BCUT2D eigenvalue weighted by Crippen LogP contribution is 2.28. The van der Waals surface area contributed by atoms with Crippen LogP contribution in [0.2, 0.25) is 5.02 Å². The summed E-state index contributed by atoms with van der Waals surface area (Å²) < 4.78 is 3.67. The number of aromatic nitrogens is 5. The van der Waals surface area contributed by atoms with Crippen LogP contribution in [0.25, 0.3) is 17.1 Å². The van der Waals surface area contributed by atoms with Crippen molar-refractivity contribution in [1.82, 2.24) is 24.5 Å². The first-order chi connectivity index (χ1) is 15.0. The van der Waals surface area contributed by atoms with Crippen LogP contribution in [0.1, 0.15) is 11.4 Å². The van der Waals surface area contributed by atoms with Gasteiger partial charge in [0.2, 0.25) is 5.91 Å². The Labute approximate surface area is 189 Å². The summed E-state index contributed by atoms with van der Waals surface area (Å²) in [6, 6.07) is 17.3. The fraction of sp³-hybridized carbons (Fsp3) is 0.182. The number of nitrogens with zero attached hydrogens (tertiary/aromatic N) is 5. The number of thioether (sulfide) groups is 1. The third kappa shape index (κ3) is 4.35. The molecular formula is C22H21ClN6OS. The number of halogens is 1. The minimum Gasteiger partial charge on any atom is -0.322 e. The van der Waals surface area contributed by atoms with Crippen molar-refractivity contribution in [1.29, 1.82) is 0 Å². The molecule has 0 unspecified atom stereocenters. The summed E-state index contributed by atoms with van der Waals surface area (Å²) in [5.74, 6) is 0.722. The zero-order valence-electron chi connectivity index (χ0n) is 17.3. The van der Waals surface area contributed by atoms with Crippen LogP contribution in [0.3, 0.4) is 0 Å². The first-order valence-electron chi connectivity index (χ1n) is 9.64. The second-order valence-electron chi connectivity index (χ2n) is 6.98. The largest absolute Gasteiger partial charge is 0.322 e. The molecule has 0 aliphatic heterocycles. The van der Waals surface area contributed by atoms with E-state index in [2.05, 4.69) is 20.6 Å². The number of rotatable bonds is 6. The lowest BCUT2D eigenvalue weighted by atomic mass is 10.2. The Morgan fingerprint density at radius 1 is 1.06 bits per heavy atom. The van der Waals surface area contributed by atoms with E-state index >= 15 is 0 Å². The first kappa shape index (κ1) is 21.1. The van der Waals surface area contributed by atoms with Gasteiger partial charge < -0.3 is 9.88 Å². The van der Waals surface area contributed by atoms with E-state index in [0.29, 0.717) is 16.0 Å². The van der Waals surface area contributed by atoms with E-state index in [9.17, 15) is 4.79 Å². The molecule has 4 rings (SSSR count). The lowest BCUT2D eigenvalue weighted by molar-refractivity contribution is -0.113. The molecule has 0 atom stereocenters. The molecule has 158 valence electrons. The van der Waals surface area contributed by atoms with Gasteiger partial charge in [-0.15, -0.1) is 10.2 Å². The normalized spacial score (nSPS) is 11.0.